The molecule has 1 saturated heterocycles. The van der Waals surface area contributed by atoms with Gasteiger partial charge in [0.2, 0.25) is 0 Å². The summed E-state index contributed by atoms with van der Waals surface area (Å²) in [6.07, 6.45) is 8.77. The van der Waals surface area contributed by atoms with Crippen LogP contribution in [0.25, 0.3) is 0 Å². The summed E-state index contributed by atoms with van der Waals surface area (Å²) >= 11 is 0. The van der Waals surface area contributed by atoms with E-state index in [1.807, 2.05) is 32.9 Å². The highest BCUT2D eigenvalue weighted by Gasteiger charge is 2.26. The molecular weight excluding hydrogens is 364 g/mol. The van der Waals surface area contributed by atoms with Crippen molar-refractivity contribution in [1.29, 1.82) is 0 Å². The van der Waals surface area contributed by atoms with Crippen molar-refractivity contribution >= 4 is 17.3 Å². The number of anilines is 2. The smallest absolute Gasteiger partial charge is 0.306 e. The van der Waals surface area contributed by atoms with Crippen molar-refractivity contribution in [3.8, 4) is 5.75 Å². The number of nitrogens with zero attached hydrogens (tertiary/aromatic N) is 1. The maximum atomic E-state index is 12.1. The van der Waals surface area contributed by atoms with Gasteiger partial charge >= 0.3 is 5.97 Å². The Morgan fingerprint density at radius 1 is 1.17 bits per heavy atom. The van der Waals surface area contributed by atoms with Crippen LogP contribution in [-0.4, -0.2) is 30.8 Å². The van der Waals surface area contributed by atoms with Crippen molar-refractivity contribution in [2.24, 2.45) is 5.92 Å². The Morgan fingerprint density at radius 3 is 2.59 bits per heavy atom. The molecule has 1 aliphatic heterocycles. The second-order valence-electron chi connectivity index (χ2n) is 9.73. The van der Waals surface area contributed by atoms with Crippen LogP contribution in [0.15, 0.2) is 12.1 Å². The number of carbonyl (C=O) groups is 1. The summed E-state index contributed by atoms with van der Waals surface area (Å²) in [6, 6.07) is 4.01. The molecule has 0 aromatic heterocycles. The fourth-order valence-corrected chi connectivity index (χ4v) is 4.65. The lowest BCUT2D eigenvalue weighted by Crippen LogP contribution is -2.36. The second kappa shape index (κ2) is 9.27. The van der Waals surface area contributed by atoms with Crippen LogP contribution in [0.3, 0.4) is 0 Å². The van der Waals surface area contributed by atoms with Gasteiger partial charge in [-0.05, 0) is 90.7 Å². The number of esters is 1. The van der Waals surface area contributed by atoms with Crippen LogP contribution < -0.4 is 15.4 Å². The molecule has 0 spiro atoms. The summed E-state index contributed by atoms with van der Waals surface area (Å²) < 4.78 is 11.8. The number of nitrogens with two attached hydrogens (primary N) is 1. The molecule has 5 nitrogen and oxygen atoms in total. The van der Waals surface area contributed by atoms with Crippen LogP contribution in [-0.2, 0) is 9.53 Å². The topological polar surface area (TPSA) is 64.8 Å². The number of rotatable bonds is 6. The summed E-state index contributed by atoms with van der Waals surface area (Å²) in [5.41, 5.74) is 9.05. The standard InChI is InChI=1S/C24H38N2O3/c1-17-21(28-19-9-5-6-10-19)13-12-20(25)23(17)26-15-7-8-18(16-26)11-14-22(27)29-24(2,3)4/h12-13,18-19H,5-11,14-16,25H2,1-4H3/t18-/m0/s1. The quantitative estimate of drug-likeness (QED) is 0.521. The van der Waals surface area contributed by atoms with Gasteiger partial charge in [0, 0.05) is 25.1 Å². The van der Waals surface area contributed by atoms with Crippen molar-refractivity contribution in [2.45, 2.75) is 90.8 Å². The number of carbonyl (C=O) groups excluding carboxylic acids is 1. The van der Waals surface area contributed by atoms with Crippen LogP contribution in [0.1, 0.15) is 77.7 Å². The van der Waals surface area contributed by atoms with E-state index in [0.717, 1.165) is 67.9 Å². The molecule has 1 heterocycles. The minimum atomic E-state index is -0.416. The van der Waals surface area contributed by atoms with E-state index in [0.29, 0.717) is 18.4 Å². The zero-order valence-electron chi connectivity index (χ0n) is 18.6. The van der Waals surface area contributed by atoms with E-state index in [1.54, 1.807) is 0 Å². The third kappa shape index (κ3) is 6.03. The number of piperidine rings is 1. The molecule has 1 atom stereocenters. The molecule has 2 N–H and O–H groups in total. The number of hydrogen-bond acceptors (Lipinski definition) is 5. The van der Waals surface area contributed by atoms with Crippen molar-refractivity contribution < 1.29 is 14.3 Å². The Morgan fingerprint density at radius 2 is 1.90 bits per heavy atom. The Hall–Kier alpha value is -1.91. The monoisotopic (exact) mass is 402 g/mol. The maximum Gasteiger partial charge on any atom is 0.306 e. The van der Waals surface area contributed by atoms with Gasteiger partial charge < -0.3 is 20.1 Å². The van der Waals surface area contributed by atoms with Gasteiger partial charge in [0.25, 0.3) is 0 Å². The van der Waals surface area contributed by atoms with E-state index in [4.69, 9.17) is 15.2 Å². The van der Waals surface area contributed by atoms with Gasteiger partial charge in [0.05, 0.1) is 17.5 Å². The summed E-state index contributed by atoms with van der Waals surface area (Å²) in [6.45, 7) is 9.81. The summed E-state index contributed by atoms with van der Waals surface area (Å²) in [7, 11) is 0. The average molecular weight is 403 g/mol. The zero-order valence-corrected chi connectivity index (χ0v) is 18.6. The highest BCUT2D eigenvalue weighted by atomic mass is 16.6. The fraction of sp³-hybridized carbons (Fsp3) is 0.708. The van der Waals surface area contributed by atoms with Crippen LogP contribution >= 0.6 is 0 Å². The first-order chi connectivity index (χ1) is 13.7. The van der Waals surface area contributed by atoms with E-state index in [1.165, 1.54) is 12.8 Å². The van der Waals surface area contributed by atoms with Crippen LogP contribution in [0, 0.1) is 12.8 Å². The number of nitrogen functional groups attached to an aromatic ring is 1. The van der Waals surface area contributed by atoms with E-state index in [9.17, 15) is 4.79 Å². The highest BCUT2D eigenvalue weighted by Crippen LogP contribution is 2.38. The van der Waals surface area contributed by atoms with Crippen LogP contribution in [0.5, 0.6) is 5.75 Å². The number of hydrogen-bond donors (Lipinski definition) is 1. The van der Waals surface area contributed by atoms with Crippen molar-refractivity contribution in [1.82, 2.24) is 0 Å². The van der Waals surface area contributed by atoms with Gasteiger partial charge in [-0.1, -0.05) is 0 Å². The fourth-order valence-electron chi connectivity index (χ4n) is 4.65. The predicted octanol–water partition coefficient (Wildman–Crippen LogP) is 5.24. The minimum absolute atomic E-state index is 0.0997. The van der Waals surface area contributed by atoms with E-state index in [-0.39, 0.29) is 5.97 Å². The van der Waals surface area contributed by atoms with Gasteiger partial charge in [0.15, 0.2) is 0 Å². The lowest BCUT2D eigenvalue weighted by molar-refractivity contribution is -0.155. The summed E-state index contributed by atoms with van der Waals surface area (Å²) in [4.78, 5) is 14.5. The largest absolute Gasteiger partial charge is 0.490 e. The Labute approximate surface area is 175 Å². The predicted molar refractivity (Wildman–Crippen MR) is 118 cm³/mol. The molecule has 3 rings (SSSR count). The van der Waals surface area contributed by atoms with E-state index in [2.05, 4.69) is 11.8 Å². The average Bonchev–Trinajstić information content (AvgIpc) is 3.15. The third-order valence-corrected chi connectivity index (χ3v) is 6.02. The molecule has 0 bridgehead atoms. The molecule has 5 heteroatoms. The van der Waals surface area contributed by atoms with Crippen molar-refractivity contribution in [3.63, 3.8) is 0 Å². The molecule has 1 aliphatic carbocycles. The van der Waals surface area contributed by atoms with E-state index < -0.39 is 5.60 Å². The minimum Gasteiger partial charge on any atom is -0.490 e. The van der Waals surface area contributed by atoms with Gasteiger partial charge in [0.1, 0.15) is 11.4 Å². The lowest BCUT2D eigenvalue weighted by atomic mass is 9.92. The molecule has 0 amide bonds. The lowest BCUT2D eigenvalue weighted by Gasteiger charge is -2.36. The van der Waals surface area contributed by atoms with E-state index >= 15 is 0 Å². The molecule has 2 aliphatic rings. The first-order valence-corrected chi connectivity index (χ1v) is 11.3. The van der Waals surface area contributed by atoms with Gasteiger partial charge in [-0.15, -0.1) is 0 Å². The molecule has 2 fully saturated rings. The van der Waals surface area contributed by atoms with Crippen molar-refractivity contribution in [2.75, 3.05) is 23.7 Å². The zero-order chi connectivity index (χ0) is 21.0. The second-order valence-corrected chi connectivity index (χ2v) is 9.73. The maximum absolute atomic E-state index is 12.1. The summed E-state index contributed by atoms with van der Waals surface area (Å²) in [5, 5.41) is 0. The SMILES string of the molecule is Cc1c(OC2CCCC2)ccc(N)c1N1CCC[C@@H](CCC(=O)OC(C)(C)C)C1. The Balaban J connectivity index is 1.64. The molecule has 1 saturated carbocycles. The first-order valence-electron chi connectivity index (χ1n) is 11.3. The Bertz CT molecular complexity index is 705. The third-order valence-electron chi connectivity index (χ3n) is 6.02. The molecule has 29 heavy (non-hydrogen) atoms. The number of benzene rings is 1. The van der Waals surface area contributed by atoms with Gasteiger partial charge in [-0.3, -0.25) is 4.79 Å². The molecule has 0 unspecified atom stereocenters. The van der Waals surface area contributed by atoms with Crippen molar-refractivity contribution in [3.05, 3.63) is 17.7 Å². The van der Waals surface area contributed by atoms with Gasteiger partial charge in [-0.25, -0.2) is 0 Å². The number of ether oxygens (including phenoxy) is 2. The first kappa shape index (κ1) is 21.8. The van der Waals surface area contributed by atoms with Crippen LogP contribution in [0.2, 0.25) is 0 Å². The van der Waals surface area contributed by atoms with Gasteiger partial charge in [-0.2, -0.15) is 0 Å². The van der Waals surface area contributed by atoms with Crippen LogP contribution in [0.4, 0.5) is 11.4 Å². The summed E-state index contributed by atoms with van der Waals surface area (Å²) in [5.74, 6) is 1.35. The molecule has 0 radical (unpaired) electrons. The molecule has 1 aromatic rings. The molecule has 1 aromatic carbocycles. The highest BCUT2D eigenvalue weighted by molar-refractivity contribution is 5.74. The molecule has 162 valence electrons. The normalized spacial score (nSPS) is 20.7. The Kier molecular flexibility index (Phi) is 6.97. The molecular formula is C24H38N2O3.